The van der Waals surface area contributed by atoms with E-state index in [0.717, 1.165) is 17.0 Å². The molecule has 0 aromatic heterocycles. The lowest BCUT2D eigenvalue weighted by molar-refractivity contribution is 0.201. The summed E-state index contributed by atoms with van der Waals surface area (Å²) in [7, 11) is -5.54. The number of sulfone groups is 2. The Bertz CT molecular complexity index is 1140. The molecule has 2 saturated heterocycles. The van der Waals surface area contributed by atoms with Crippen molar-refractivity contribution < 1.29 is 21.6 Å². The number of aryl methyl sites for hydroxylation is 1. The molecule has 0 unspecified atom stereocenters. The molecule has 2 aromatic rings. The van der Waals surface area contributed by atoms with Gasteiger partial charge < -0.3 is 9.64 Å². The Balaban J connectivity index is 1.55. The fraction of sp³-hybridized carbons (Fsp3) is 0.455. The van der Waals surface area contributed by atoms with E-state index in [-0.39, 0.29) is 16.4 Å². The molecule has 2 aliphatic rings. The molecule has 7 nitrogen and oxygen atoms in total. The molecule has 0 aliphatic carbocycles. The standard InChI is InChI=1S/C22H28N2O5S2/c1-17-7-9-18(10-8-17)31(27,28)22-16-30(25,26)15-20(22)24-13-11-23(12-14-24)19-5-3-4-6-21(19)29-2/h3-10,20,22H,11-16H2,1-2H3/t20-,22-/m0/s1. The second-order valence-electron chi connectivity index (χ2n) is 8.24. The maximum atomic E-state index is 13.3. The lowest BCUT2D eigenvalue weighted by atomic mass is 10.1. The molecular formula is C22H28N2O5S2. The van der Waals surface area contributed by atoms with E-state index < -0.39 is 31.0 Å². The second kappa shape index (κ2) is 8.44. The van der Waals surface area contributed by atoms with Crippen molar-refractivity contribution in [1.29, 1.82) is 0 Å². The number of para-hydroxylation sites is 2. The first-order valence-electron chi connectivity index (χ1n) is 10.3. The number of benzene rings is 2. The number of rotatable bonds is 5. The van der Waals surface area contributed by atoms with E-state index >= 15 is 0 Å². The highest BCUT2D eigenvalue weighted by atomic mass is 32.2. The van der Waals surface area contributed by atoms with E-state index in [1.807, 2.05) is 36.1 Å². The quantitative estimate of drug-likeness (QED) is 0.667. The van der Waals surface area contributed by atoms with E-state index in [4.69, 9.17) is 4.74 Å². The van der Waals surface area contributed by atoms with Gasteiger partial charge in [-0.25, -0.2) is 16.8 Å². The first-order valence-corrected chi connectivity index (χ1v) is 13.7. The van der Waals surface area contributed by atoms with Crippen LogP contribution >= 0.6 is 0 Å². The number of hydrogen-bond donors (Lipinski definition) is 0. The van der Waals surface area contributed by atoms with Crippen molar-refractivity contribution in [1.82, 2.24) is 4.90 Å². The topological polar surface area (TPSA) is 84.0 Å². The Hall–Kier alpha value is -2.10. The number of nitrogens with zero attached hydrogens (tertiary/aromatic N) is 2. The monoisotopic (exact) mass is 464 g/mol. The summed E-state index contributed by atoms with van der Waals surface area (Å²) in [6, 6.07) is 13.9. The van der Waals surface area contributed by atoms with E-state index in [1.54, 1.807) is 31.4 Å². The van der Waals surface area contributed by atoms with Crippen molar-refractivity contribution in [3.05, 3.63) is 54.1 Å². The zero-order valence-corrected chi connectivity index (χ0v) is 19.4. The van der Waals surface area contributed by atoms with Crippen molar-refractivity contribution in [3.63, 3.8) is 0 Å². The molecule has 0 radical (unpaired) electrons. The van der Waals surface area contributed by atoms with Crippen LogP contribution in [-0.2, 0) is 19.7 Å². The van der Waals surface area contributed by atoms with Crippen molar-refractivity contribution in [2.24, 2.45) is 0 Å². The fourth-order valence-corrected chi connectivity index (χ4v) is 9.35. The summed E-state index contributed by atoms with van der Waals surface area (Å²) in [4.78, 5) is 4.42. The first kappa shape index (κ1) is 22.1. The first-order chi connectivity index (χ1) is 14.7. The third-order valence-corrected chi connectivity index (χ3v) is 10.4. The van der Waals surface area contributed by atoms with Crippen molar-refractivity contribution in [3.8, 4) is 5.75 Å². The van der Waals surface area contributed by atoms with Gasteiger partial charge in [-0.3, -0.25) is 4.90 Å². The molecule has 31 heavy (non-hydrogen) atoms. The molecule has 2 aromatic carbocycles. The molecule has 168 valence electrons. The fourth-order valence-electron chi connectivity index (χ4n) is 4.52. The van der Waals surface area contributed by atoms with Gasteiger partial charge in [0.2, 0.25) is 0 Å². The highest BCUT2D eigenvalue weighted by Gasteiger charge is 2.48. The average molecular weight is 465 g/mol. The van der Waals surface area contributed by atoms with E-state index in [9.17, 15) is 16.8 Å². The molecule has 4 rings (SSSR count). The number of piperazine rings is 1. The predicted octanol–water partition coefficient (Wildman–Crippen LogP) is 1.77. The van der Waals surface area contributed by atoms with Crippen molar-refractivity contribution in [2.75, 3.05) is 49.7 Å². The van der Waals surface area contributed by atoms with Crippen molar-refractivity contribution >= 4 is 25.4 Å². The zero-order valence-electron chi connectivity index (χ0n) is 17.8. The molecule has 0 bridgehead atoms. The average Bonchev–Trinajstić information content (AvgIpc) is 3.10. The van der Waals surface area contributed by atoms with Crippen LogP contribution in [0.5, 0.6) is 5.75 Å². The van der Waals surface area contributed by atoms with Gasteiger partial charge in [0.25, 0.3) is 0 Å². The van der Waals surface area contributed by atoms with E-state index in [1.165, 1.54) is 0 Å². The molecule has 2 fully saturated rings. The molecule has 0 saturated carbocycles. The molecule has 2 atom stereocenters. The minimum atomic E-state index is -3.76. The van der Waals surface area contributed by atoms with Crippen LogP contribution in [0.15, 0.2) is 53.4 Å². The number of hydrogen-bond acceptors (Lipinski definition) is 7. The SMILES string of the molecule is COc1ccccc1N1CCN([C@H]2CS(=O)(=O)C[C@@H]2S(=O)(=O)c2ccc(C)cc2)CC1. The summed E-state index contributed by atoms with van der Waals surface area (Å²) in [6.07, 6.45) is 0. The van der Waals surface area contributed by atoms with Gasteiger partial charge in [0.15, 0.2) is 19.7 Å². The summed E-state index contributed by atoms with van der Waals surface area (Å²) in [5, 5.41) is -0.946. The molecule has 0 amide bonds. The van der Waals surface area contributed by atoms with Crippen molar-refractivity contribution in [2.45, 2.75) is 23.1 Å². The van der Waals surface area contributed by atoms with Gasteiger partial charge in [-0.1, -0.05) is 29.8 Å². The van der Waals surface area contributed by atoms with E-state index in [0.29, 0.717) is 26.2 Å². The van der Waals surface area contributed by atoms with Crippen LogP contribution in [0.2, 0.25) is 0 Å². The molecule has 0 N–H and O–H groups in total. The third kappa shape index (κ3) is 4.44. The molecule has 9 heteroatoms. The smallest absolute Gasteiger partial charge is 0.183 e. The molecule has 0 spiro atoms. The Morgan fingerprint density at radius 1 is 0.935 bits per heavy atom. The lowest BCUT2D eigenvalue weighted by Gasteiger charge is -2.40. The largest absolute Gasteiger partial charge is 0.495 e. The maximum Gasteiger partial charge on any atom is 0.183 e. The van der Waals surface area contributed by atoms with Gasteiger partial charge in [0, 0.05) is 32.2 Å². The molecular weight excluding hydrogens is 436 g/mol. The number of methoxy groups -OCH3 is 1. The van der Waals surface area contributed by atoms with Gasteiger partial charge in [0.1, 0.15) is 5.75 Å². The van der Waals surface area contributed by atoms with E-state index in [2.05, 4.69) is 4.90 Å². The Morgan fingerprint density at radius 3 is 2.23 bits per heavy atom. The van der Waals surface area contributed by atoms with Crippen LogP contribution in [0, 0.1) is 6.92 Å². The van der Waals surface area contributed by atoms with Crippen LogP contribution in [0.25, 0.3) is 0 Å². The van der Waals surface area contributed by atoms with Gasteiger partial charge >= 0.3 is 0 Å². The highest BCUT2D eigenvalue weighted by molar-refractivity contribution is 7.96. The zero-order chi connectivity index (χ0) is 22.2. The summed E-state index contributed by atoms with van der Waals surface area (Å²) in [6.45, 7) is 4.43. The molecule has 2 aliphatic heterocycles. The Kier molecular flexibility index (Phi) is 6.02. The molecule has 2 heterocycles. The number of anilines is 1. The third-order valence-electron chi connectivity index (χ3n) is 6.23. The minimum Gasteiger partial charge on any atom is -0.495 e. The Morgan fingerprint density at radius 2 is 1.58 bits per heavy atom. The normalized spacial score (nSPS) is 24.3. The summed E-state index contributed by atoms with van der Waals surface area (Å²) in [5.41, 5.74) is 1.95. The van der Waals surface area contributed by atoms with Gasteiger partial charge in [-0.15, -0.1) is 0 Å². The lowest BCUT2D eigenvalue weighted by Crippen LogP contribution is -2.55. The van der Waals surface area contributed by atoms with Crippen LogP contribution in [-0.4, -0.2) is 77.8 Å². The van der Waals surface area contributed by atoms with Crippen LogP contribution in [0.1, 0.15) is 5.56 Å². The summed E-state index contributed by atoms with van der Waals surface area (Å²) in [5.74, 6) is 0.358. The van der Waals surface area contributed by atoms with Gasteiger partial charge in [-0.2, -0.15) is 0 Å². The van der Waals surface area contributed by atoms with Gasteiger partial charge in [-0.05, 0) is 31.2 Å². The Labute approximate surface area is 184 Å². The van der Waals surface area contributed by atoms with Gasteiger partial charge in [0.05, 0.1) is 34.4 Å². The number of ether oxygens (including phenoxy) is 1. The minimum absolute atomic E-state index is 0.114. The predicted molar refractivity (Wildman–Crippen MR) is 121 cm³/mol. The van der Waals surface area contributed by atoms with Crippen LogP contribution in [0.3, 0.4) is 0 Å². The summed E-state index contributed by atoms with van der Waals surface area (Å²) >= 11 is 0. The van der Waals surface area contributed by atoms with Crippen LogP contribution in [0.4, 0.5) is 5.69 Å². The highest BCUT2D eigenvalue weighted by Crippen LogP contribution is 2.32. The van der Waals surface area contributed by atoms with Crippen LogP contribution < -0.4 is 9.64 Å². The summed E-state index contributed by atoms with van der Waals surface area (Å²) < 4.78 is 57.1. The maximum absolute atomic E-state index is 13.3. The second-order valence-corrected chi connectivity index (χ2v) is 12.6.